The van der Waals surface area contributed by atoms with Gasteiger partial charge < -0.3 is 21.1 Å². The standard InChI is InChI=1S/C17H23N3O5/c1-10(2)14(17(24)25)20-15(22)11(3)19-13(21)9-18-16(23)12-7-5-4-6-8-12/h4-8,10-11,14H,9H2,1-3H3,(H,18,23)(H,19,21)(H,20,22)(H,24,25)/t11-,14-/m0/s1. The molecule has 25 heavy (non-hydrogen) atoms. The van der Waals surface area contributed by atoms with Crippen LogP contribution >= 0.6 is 0 Å². The molecule has 0 saturated carbocycles. The first-order valence-electron chi connectivity index (χ1n) is 7.88. The van der Waals surface area contributed by atoms with Crippen LogP contribution in [0.15, 0.2) is 30.3 Å². The third-order valence-electron chi connectivity index (χ3n) is 3.45. The molecule has 0 fully saturated rings. The van der Waals surface area contributed by atoms with Crippen molar-refractivity contribution in [2.24, 2.45) is 5.92 Å². The Morgan fingerprint density at radius 3 is 2.12 bits per heavy atom. The predicted octanol–water partition coefficient (Wildman–Crippen LogP) is 0.147. The molecule has 0 spiro atoms. The minimum atomic E-state index is -1.14. The molecule has 0 heterocycles. The Labute approximate surface area is 146 Å². The topological polar surface area (TPSA) is 125 Å². The van der Waals surface area contributed by atoms with Crippen molar-refractivity contribution in [3.63, 3.8) is 0 Å². The van der Waals surface area contributed by atoms with E-state index in [9.17, 15) is 19.2 Å². The van der Waals surface area contributed by atoms with E-state index >= 15 is 0 Å². The number of nitrogens with one attached hydrogen (secondary N) is 3. The summed E-state index contributed by atoms with van der Waals surface area (Å²) in [5, 5.41) is 16.3. The molecular weight excluding hydrogens is 326 g/mol. The normalized spacial score (nSPS) is 12.8. The molecule has 2 atom stereocenters. The van der Waals surface area contributed by atoms with Crippen molar-refractivity contribution < 1.29 is 24.3 Å². The van der Waals surface area contributed by atoms with E-state index in [1.165, 1.54) is 6.92 Å². The van der Waals surface area contributed by atoms with E-state index in [0.717, 1.165) is 0 Å². The lowest BCUT2D eigenvalue weighted by Gasteiger charge is -2.21. The van der Waals surface area contributed by atoms with Crippen molar-refractivity contribution >= 4 is 23.7 Å². The lowest BCUT2D eigenvalue weighted by atomic mass is 10.0. The second kappa shape index (κ2) is 9.41. The van der Waals surface area contributed by atoms with Crippen molar-refractivity contribution in [1.82, 2.24) is 16.0 Å². The first-order chi connectivity index (χ1) is 11.7. The molecule has 0 aromatic heterocycles. The van der Waals surface area contributed by atoms with Gasteiger partial charge in [0.15, 0.2) is 0 Å². The van der Waals surface area contributed by atoms with Gasteiger partial charge in [-0.3, -0.25) is 14.4 Å². The fourth-order valence-corrected chi connectivity index (χ4v) is 2.00. The van der Waals surface area contributed by atoms with E-state index in [-0.39, 0.29) is 12.5 Å². The monoisotopic (exact) mass is 349 g/mol. The van der Waals surface area contributed by atoms with Crippen molar-refractivity contribution in [2.45, 2.75) is 32.9 Å². The summed E-state index contributed by atoms with van der Waals surface area (Å²) in [5.74, 6) is -3.00. The Morgan fingerprint density at radius 1 is 1.00 bits per heavy atom. The minimum Gasteiger partial charge on any atom is -0.480 e. The second-order valence-electron chi connectivity index (χ2n) is 5.91. The quantitative estimate of drug-likeness (QED) is 0.532. The molecule has 0 unspecified atom stereocenters. The van der Waals surface area contributed by atoms with Gasteiger partial charge in [0.2, 0.25) is 11.8 Å². The van der Waals surface area contributed by atoms with Crippen LogP contribution in [-0.2, 0) is 14.4 Å². The molecule has 1 rings (SSSR count). The smallest absolute Gasteiger partial charge is 0.326 e. The zero-order chi connectivity index (χ0) is 19.0. The number of amides is 3. The van der Waals surface area contributed by atoms with Gasteiger partial charge >= 0.3 is 5.97 Å². The van der Waals surface area contributed by atoms with Crippen LogP contribution in [0, 0.1) is 5.92 Å². The van der Waals surface area contributed by atoms with Gasteiger partial charge in [0.1, 0.15) is 12.1 Å². The number of carboxylic acids is 1. The highest BCUT2D eigenvalue weighted by atomic mass is 16.4. The lowest BCUT2D eigenvalue weighted by Crippen LogP contribution is -2.53. The van der Waals surface area contributed by atoms with Crippen molar-refractivity contribution in [2.75, 3.05) is 6.54 Å². The molecule has 0 radical (unpaired) electrons. The first-order valence-corrected chi connectivity index (χ1v) is 7.88. The Hall–Kier alpha value is -2.90. The summed E-state index contributed by atoms with van der Waals surface area (Å²) in [6.45, 7) is 4.48. The number of hydrogen-bond donors (Lipinski definition) is 4. The molecule has 0 bridgehead atoms. The van der Waals surface area contributed by atoms with E-state index in [0.29, 0.717) is 5.56 Å². The number of carbonyl (C=O) groups is 4. The van der Waals surface area contributed by atoms with E-state index in [4.69, 9.17) is 5.11 Å². The first kappa shape index (κ1) is 20.1. The van der Waals surface area contributed by atoms with Crippen LogP contribution in [0.2, 0.25) is 0 Å². The maximum Gasteiger partial charge on any atom is 0.326 e. The Morgan fingerprint density at radius 2 is 1.60 bits per heavy atom. The summed E-state index contributed by atoms with van der Waals surface area (Å²) < 4.78 is 0. The van der Waals surface area contributed by atoms with Gasteiger partial charge in [0.05, 0.1) is 6.54 Å². The molecule has 0 aliphatic carbocycles. The molecule has 0 aliphatic rings. The molecule has 0 aliphatic heterocycles. The number of aliphatic carboxylic acids is 1. The van der Waals surface area contributed by atoms with Crippen molar-refractivity contribution in [3.8, 4) is 0 Å². The van der Waals surface area contributed by atoms with Crippen LogP contribution in [0.3, 0.4) is 0 Å². The minimum absolute atomic E-state index is 0.294. The van der Waals surface area contributed by atoms with Crippen LogP contribution in [0.4, 0.5) is 0 Å². The van der Waals surface area contributed by atoms with E-state index < -0.39 is 35.8 Å². The number of carboxylic acid groups (broad SMARTS) is 1. The molecule has 8 nitrogen and oxygen atoms in total. The summed E-state index contributed by atoms with van der Waals surface area (Å²) >= 11 is 0. The Bertz CT molecular complexity index is 630. The van der Waals surface area contributed by atoms with Gasteiger partial charge in [0.25, 0.3) is 5.91 Å². The van der Waals surface area contributed by atoms with E-state index in [1.807, 2.05) is 0 Å². The third-order valence-corrected chi connectivity index (χ3v) is 3.45. The number of hydrogen-bond acceptors (Lipinski definition) is 4. The van der Waals surface area contributed by atoms with Crippen LogP contribution in [0.1, 0.15) is 31.1 Å². The average molecular weight is 349 g/mol. The third kappa shape index (κ3) is 6.62. The molecular formula is C17H23N3O5. The highest BCUT2D eigenvalue weighted by Gasteiger charge is 2.26. The summed E-state index contributed by atoms with van der Waals surface area (Å²) in [6, 6.07) is 6.43. The van der Waals surface area contributed by atoms with Gasteiger partial charge in [-0.15, -0.1) is 0 Å². The van der Waals surface area contributed by atoms with Crippen LogP contribution in [-0.4, -0.2) is 47.4 Å². The summed E-state index contributed by atoms with van der Waals surface area (Å²) in [5.41, 5.74) is 0.419. The molecule has 136 valence electrons. The predicted molar refractivity (Wildman–Crippen MR) is 90.8 cm³/mol. The number of benzene rings is 1. The molecule has 4 N–H and O–H groups in total. The van der Waals surface area contributed by atoms with Gasteiger partial charge in [-0.05, 0) is 25.0 Å². The highest BCUT2D eigenvalue weighted by Crippen LogP contribution is 2.02. The highest BCUT2D eigenvalue weighted by molar-refractivity contribution is 5.97. The van der Waals surface area contributed by atoms with Gasteiger partial charge in [-0.25, -0.2) is 4.79 Å². The summed E-state index contributed by atoms with van der Waals surface area (Å²) in [7, 11) is 0. The van der Waals surface area contributed by atoms with Crippen LogP contribution in [0.25, 0.3) is 0 Å². The summed E-state index contributed by atoms with van der Waals surface area (Å²) in [4.78, 5) is 46.7. The van der Waals surface area contributed by atoms with E-state index in [1.54, 1.807) is 44.2 Å². The SMILES string of the molecule is CC(C)[C@H](NC(=O)[C@H](C)NC(=O)CNC(=O)c1ccccc1)C(=O)O. The fourth-order valence-electron chi connectivity index (χ4n) is 2.00. The second-order valence-corrected chi connectivity index (χ2v) is 5.91. The number of rotatable bonds is 8. The Balaban J connectivity index is 2.46. The largest absolute Gasteiger partial charge is 0.480 e. The van der Waals surface area contributed by atoms with Crippen LogP contribution < -0.4 is 16.0 Å². The van der Waals surface area contributed by atoms with Crippen LogP contribution in [0.5, 0.6) is 0 Å². The molecule has 1 aromatic carbocycles. The lowest BCUT2D eigenvalue weighted by molar-refractivity contribution is -0.143. The van der Waals surface area contributed by atoms with Crippen molar-refractivity contribution in [1.29, 1.82) is 0 Å². The zero-order valence-electron chi connectivity index (χ0n) is 14.4. The maximum absolute atomic E-state index is 12.0. The van der Waals surface area contributed by atoms with Gasteiger partial charge in [-0.2, -0.15) is 0 Å². The summed E-state index contributed by atoms with van der Waals surface area (Å²) in [6.07, 6.45) is 0. The molecule has 8 heteroatoms. The zero-order valence-corrected chi connectivity index (χ0v) is 14.4. The average Bonchev–Trinajstić information content (AvgIpc) is 2.57. The fraction of sp³-hybridized carbons (Fsp3) is 0.412. The van der Waals surface area contributed by atoms with Gasteiger partial charge in [-0.1, -0.05) is 32.0 Å². The molecule has 0 saturated heterocycles. The van der Waals surface area contributed by atoms with Gasteiger partial charge in [0, 0.05) is 5.56 Å². The molecule has 1 aromatic rings. The maximum atomic E-state index is 12.0. The Kier molecular flexibility index (Phi) is 7.58. The van der Waals surface area contributed by atoms with E-state index in [2.05, 4.69) is 16.0 Å². The number of carbonyl (C=O) groups excluding carboxylic acids is 3. The van der Waals surface area contributed by atoms with Crippen molar-refractivity contribution in [3.05, 3.63) is 35.9 Å². The molecule has 3 amide bonds.